The van der Waals surface area contributed by atoms with E-state index in [4.69, 9.17) is 18.9 Å². The van der Waals surface area contributed by atoms with Crippen LogP contribution in [0, 0.1) is 50.7 Å². The van der Waals surface area contributed by atoms with Crippen molar-refractivity contribution in [2.24, 2.45) is 50.7 Å². The van der Waals surface area contributed by atoms with Gasteiger partial charge in [-0.3, -0.25) is 9.59 Å². The van der Waals surface area contributed by atoms with Crippen molar-refractivity contribution in [2.75, 3.05) is 6.61 Å². The number of hydrogen-bond donors (Lipinski definition) is 2. The van der Waals surface area contributed by atoms with E-state index in [1.54, 1.807) is 13.8 Å². The lowest BCUT2D eigenvalue weighted by atomic mass is 9.41. The summed E-state index contributed by atoms with van der Waals surface area (Å²) in [6.45, 7) is 16.1. The maximum Gasteiger partial charge on any atom is 0.303 e. The molecule has 254 valence electrons. The smallest absolute Gasteiger partial charge is 0.303 e. The number of carbonyl (C=O) groups excluding carboxylic acids is 3. The van der Waals surface area contributed by atoms with Crippen molar-refractivity contribution in [3.63, 3.8) is 0 Å². The van der Waals surface area contributed by atoms with Crippen LogP contribution >= 0.6 is 0 Å². The summed E-state index contributed by atoms with van der Waals surface area (Å²) in [5.74, 6) is 0.748. The summed E-state index contributed by atoms with van der Waals surface area (Å²) in [6.07, 6.45) is 5.71. The second-order valence-corrected chi connectivity index (χ2v) is 17.4. The first kappa shape index (κ1) is 33.5. The van der Waals surface area contributed by atoms with Crippen molar-refractivity contribution in [2.45, 2.75) is 149 Å². The van der Waals surface area contributed by atoms with Crippen LogP contribution in [0.1, 0.15) is 107 Å². The Morgan fingerprint density at radius 2 is 1.71 bits per heavy atom. The maximum atomic E-state index is 12.5. The fraction of sp³-hybridized carbons (Fsp3) is 0.917. The molecule has 0 bridgehead atoms. The SMILES string of the molecule is CC(=O)OC(C1CC(C)C2C(O1)C(O)C1(C)C3CCC4C(C)(C)C(OC(C=O)OCC=O)CCC45CC35CCC21C)C(C)(C)O. The fourth-order valence-corrected chi connectivity index (χ4v) is 13.0. The minimum atomic E-state index is -1.28. The van der Waals surface area contributed by atoms with E-state index in [1.807, 2.05) is 0 Å². The van der Waals surface area contributed by atoms with Gasteiger partial charge in [0.1, 0.15) is 12.9 Å². The van der Waals surface area contributed by atoms with E-state index in [1.165, 1.54) is 13.3 Å². The van der Waals surface area contributed by atoms with Gasteiger partial charge in [-0.1, -0.05) is 34.6 Å². The summed E-state index contributed by atoms with van der Waals surface area (Å²) >= 11 is 0. The van der Waals surface area contributed by atoms with Gasteiger partial charge in [-0.05, 0) is 111 Å². The van der Waals surface area contributed by atoms with Crippen molar-refractivity contribution in [3.8, 4) is 0 Å². The molecule has 6 rings (SSSR count). The zero-order valence-corrected chi connectivity index (χ0v) is 28.5. The minimum Gasteiger partial charge on any atom is -0.457 e. The third kappa shape index (κ3) is 4.53. The van der Waals surface area contributed by atoms with Crippen LogP contribution < -0.4 is 0 Å². The minimum absolute atomic E-state index is 0.109. The van der Waals surface area contributed by atoms with Gasteiger partial charge in [0.2, 0.25) is 6.29 Å². The highest BCUT2D eigenvalue weighted by Gasteiger charge is 2.84. The molecule has 0 aromatic heterocycles. The van der Waals surface area contributed by atoms with Crippen molar-refractivity contribution in [1.82, 2.24) is 0 Å². The first-order chi connectivity index (χ1) is 20.9. The largest absolute Gasteiger partial charge is 0.457 e. The molecular weight excluding hydrogens is 576 g/mol. The summed E-state index contributed by atoms with van der Waals surface area (Å²) in [4.78, 5) is 34.6. The van der Waals surface area contributed by atoms with Gasteiger partial charge in [-0.25, -0.2) is 0 Å². The van der Waals surface area contributed by atoms with Gasteiger partial charge < -0.3 is 34.0 Å². The summed E-state index contributed by atoms with van der Waals surface area (Å²) in [5.41, 5.74) is -1.55. The summed E-state index contributed by atoms with van der Waals surface area (Å²) in [7, 11) is 0. The molecule has 1 saturated heterocycles. The molecule has 5 aliphatic carbocycles. The van der Waals surface area contributed by atoms with Crippen LogP contribution in [0.4, 0.5) is 0 Å². The second kappa shape index (κ2) is 10.8. The standard InChI is InChI=1S/C36H56O9/c1-20-17-22(30(32(5,6)41)43-21(2)39)44-28-27(20)33(7)13-14-36-19-35(36)12-11-25(45-26(18-38)42-16-15-37)31(3,4)23(35)9-10-24(36)34(33,8)29(28)40/h15,18,20,22-30,40-41H,9-14,16-17,19H2,1-8H3. The fourth-order valence-electron chi connectivity index (χ4n) is 13.0. The average Bonchev–Trinajstić information content (AvgIpc) is 3.59. The molecule has 6 fully saturated rings. The normalized spacial score (nSPS) is 49.2. The van der Waals surface area contributed by atoms with Crippen molar-refractivity contribution in [1.29, 1.82) is 0 Å². The van der Waals surface area contributed by atoms with Crippen LogP contribution in [0.3, 0.4) is 0 Å². The molecule has 0 amide bonds. The Morgan fingerprint density at radius 3 is 2.33 bits per heavy atom. The molecule has 45 heavy (non-hydrogen) atoms. The Bertz CT molecular complexity index is 1200. The van der Waals surface area contributed by atoms with Crippen LogP contribution in [0.25, 0.3) is 0 Å². The molecule has 0 aromatic carbocycles. The Labute approximate surface area is 268 Å². The number of aliphatic hydroxyl groups excluding tert-OH is 1. The summed E-state index contributed by atoms with van der Waals surface area (Å²) < 4.78 is 24.0. The Morgan fingerprint density at radius 1 is 1.04 bits per heavy atom. The predicted molar refractivity (Wildman–Crippen MR) is 165 cm³/mol. The average molecular weight is 633 g/mol. The molecule has 14 atom stereocenters. The third-order valence-electron chi connectivity index (χ3n) is 14.8. The quantitative estimate of drug-likeness (QED) is 0.212. The Balaban J connectivity index is 1.27. The van der Waals surface area contributed by atoms with Crippen LogP contribution in [0.5, 0.6) is 0 Å². The summed E-state index contributed by atoms with van der Waals surface area (Å²) in [5, 5.41) is 23.4. The monoisotopic (exact) mass is 632 g/mol. The molecular formula is C36H56O9. The molecule has 1 aliphatic heterocycles. The number of aliphatic hydroxyl groups is 2. The molecule has 14 unspecified atom stereocenters. The number of ether oxygens (including phenoxy) is 4. The lowest BCUT2D eigenvalue weighted by Gasteiger charge is -2.63. The van der Waals surface area contributed by atoms with Gasteiger partial charge in [0, 0.05) is 12.3 Å². The molecule has 1 heterocycles. The highest BCUT2D eigenvalue weighted by molar-refractivity contribution is 5.66. The molecule has 9 nitrogen and oxygen atoms in total. The molecule has 2 spiro atoms. The molecule has 0 aromatic rings. The zero-order chi connectivity index (χ0) is 33.0. The lowest BCUT2D eigenvalue weighted by molar-refractivity contribution is -0.224. The zero-order valence-electron chi connectivity index (χ0n) is 28.5. The van der Waals surface area contributed by atoms with Crippen LogP contribution in [0.15, 0.2) is 0 Å². The van der Waals surface area contributed by atoms with E-state index < -0.39 is 36.2 Å². The molecule has 0 radical (unpaired) electrons. The Hall–Kier alpha value is -1.39. The van der Waals surface area contributed by atoms with Crippen LogP contribution in [-0.4, -0.2) is 77.8 Å². The van der Waals surface area contributed by atoms with E-state index >= 15 is 0 Å². The molecule has 5 saturated carbocycles. The van der Waals surface area contributed by atoms with Gasteiger partial charge in [-0.15, -0.1) is 0 Å². The van der Waals surface area contributed by atoms with E-state index in [-0.39, 0.29) is 57.7 Å². The highest BCUT2D eigenvalue weighted by Crippen LogP contribution is 2.89. The van der Waals surface area contributed by atoms with Crippen molar-refractivity contribution < 1.29 is 43.5 Å². The maximum absolute atomic E-state index is 12.5. The molecule has 9 heteroatoms. The van der Waals surface area contributed by atoms with Gasteiger partial charge in [-0.2, -0.15) is 0 Å². The first-order valence-corrected chi connectivity index (χ1v) is 17.3. The van der Waals surface area contributed by atoms with Gasteiger partial charge in [0.15, 0.2) is 12.4 Å². The highest BCUT2D eigenvalue weighted by atomic mass is 16.7. The Kier molecular flexibility index (Phi) is 8.05. The lowest BCUT2D eigenvalue weighted by Crippen LogP contribution is -2.60. The number of rotatable bonds is 9. The molecule has 2 N–H and O–H groups in total. The van der Waals surface area contributed by atoms with E-state index in [2.05, 4.69) is 34.6 Å². The number of hydrogen-bond acceptors (Lipinski definition) is 9. The van der Waals surface area contributed by atoms with Crippen molar-refractivity contribution >= 4 is 18.5 Å². The summed E-state index contributed by atoms with van der Waals surface area (Å²) in [6, 6.07) is 0. The molecule has 6 aliphatic rings. The number of carbonyl (C=O) groups is 3. The topological polar surface area (TPSA) is 129 Å². The number of fused-ring (bicyclic) bond motifs is 4. The third-order valence-corrected chi connectivity index (χ3v) is 14.8. The van der Waals surface area contributed by atoms with Gasteiger partial charge in [0.05, 0.1) is 30.0 Å². The second-order valence-electron chi connectivity index (χ2n) is 17.4. The van der Waals surface area contributed by atoms with E-state index in [9.17, 15) is 24.6 Å². The number of aldehydes is 2. The number of esters is 1. The van der Waals surface area contributed by atoms with Gasteiger partial charge in [0.25, 0.3) is 0 Å². The van der Waals surface area contributed by atoms with Crippen LogP contribution in [0.2, 0.25) is 0 Å². The predicted octanol–water partition coefficient (Wildman–Crippen LogP) is 4.63. The van der Waals surface area contributed by atoms with E-state index in [0.717, 1.165) is 38.5 Å². The first-order valence-electron chi connectivity index (χ1n) is 17.3. The van der Waals surface area contributed by atoms with E-state index in [0.29, 0.717) is 30.8 Å². The van der Waals surface area contributed by atoms with Crippen molar-refractivity contribution in [3.05, 3.63) is 0 Å². The van der Waals surface area contributed by atoms with Crippen LogP contribution in [-0.2, 0) is 33.3 Å². The van der Waals surface area contributed by atoms with Gasteiger partial charge >= 0.3 is 5.97 Å².